The van der Waals surface area contributed by atoms with Crippen LogP contribution >= 0.6 is 0 Å². The summed E-state index contributed by atoms with van der Waals surface area (Å²) in [5.74, 6) is -3.48. The minimum Gasteiger partial charge on any atom is -0.508 e. The Bertz CT molecular complexity index is 949. The summed E-state index contributed by atoms with van der Waals surface area (Å²) in [5, 5.41) is 23.8. The van der Waals surface area contributed by atoms with E-state index in [-0.39, 0.29) is 18.6 Å². The third-order valence-corrected chi connectivity index (χ3v) is 4.66. The van der Waals surface area contributed by atoms with Crippen LogP contribution in [0.1, 0.15) is 17.5 Å². The predicted molar refractivity (Wildman–Crippen MR) is 115 cm³/mol. The van der Waals surface area contributed by atoms with E-state index in [4.69, 9.17) is 11.5 Å². The Morgan fingerprint density at radius 2 is 1.34 bits per heavy atom. The Hall–Kier alpha value is -3.92. The third-order valence-electron chi connectivity index (χ3n) is 4.66. The van der Waals surface area contributed by atoms with E-state index in [1.54, 1.807) is 42.5 Å². The van der Waals surface area contributed by atoms with Gasteiger partial charge in [-0.25, -0.2) is 4.79 Å². The van der Waals surface area contributed by atoms with E-state index in [2.05, 4.69) is 10.6 Å². The Morgan fingerprint density at radius 1 is 0.812 bits per heavy atom. The van der Waals surface area contributed by atoms with Crippen LogP contribution < -0.4 is 22.1 Å². The number of hydrogen-bond donors (Lipinski definition) is 6. The van der Waals surface area contributed by atoms with E-state index in [0.29, 0.717) is 5.56 Å². The summed E-state index contributed by atoms with van der Waals surface area (Å²) in [4.78, 5) is 48.0. The number of nitrogens with two attached hydrogens (primary N) is 2. The third kappa shape index (κ3) is 7.73. The van der Waals surface area contributed by atoms with E-state index in [9.17, 15) is 29.4 Å². The molecule has 2 aromatic rings. The lowest BCUT2D eigenvalue weighted by molar-refractivity contribution is -0.142. The van der Waals surface area contributed by atoms with Crippen LogP contribution in [0.4, 0.5) is 0 Å². The number of nitrogens with one attached hydrogen (secondary N) is 2. The average Bonchev–Trinajstić information content (AvgIpc) is 2.74. The van der Waals surface area contributed by atoms with Crippen molar-refractivity contribution in [3.63, 3.8) is 0 Å². The van der Waals surface area contributed by atoms with Crippen LogP contribution in [0.2, 0.25) is 0 Å². The monoisotopic (exact) mass is 442 g/mol. The standard InChI is InChI=1S/C22H26N4O6/c23-16(12-19(24)28)20(29)25-17(10-13-4-2-1-3-5-13)21(30)26-18(22(31)32)11-14-6-8-15(27)9-7-14/h1-9,16-18,27H,10-12,23H2,(H2,24,28)(H,25,29)(H,26,30)(H,31,32). The van der Waals surface area contributed by atoms with Gasteiger partial charge >= 0.3 is 5.97 Å². The van der Waals surface area contributed by atoms with E-state index < -0.39 is 48.2 Å². The number of carbonyl (C=O) groups excluding carboxylic acids is 3. The van der Waals surface area contributed by atoms with Gasteiger partial charge in [-0.05, 0) is 23.3 Å². The number of benzene rings is 2. The fourth-order valence-electron chi connectivity index (χ4n) is 2.99. The molecule has 0 saturated carbocycles. The molecule has 2 aromatic carbocycles. The van der Waals surface area contributed by atoms with Crippen molar-refractivity contribution in [3.8, 4) is 5.75 Å². The van der Waals surface area contributed by atoms with Crippen LogP contribution in [0.15, 0.2) is 54.6 Å². The van der Waals surface area contributed by atoms with Crippen molar-refractivity contribution in [2.75, 3.05) is 0 Å². The van der Waals surface area contributed by atoms with Crippen LogP contribution in [-0.4, -0.2) is 52.0 Å². The second-order valence-corrected chi connectivity index (χ2v) is 7.30. The molecule has 0 aliphatic heterocycles. The van der Waals surface area contributed by atoms with Crippen LogP contribution in [0, 0.1) is 0 Å². The maximum absolute atomic E-state index is 12.9. The Kier molecular flexibility index (Phi) is 8.72. The van der Waals surface area contributed by atoms with Gasteiger partial charge in [0.05, 0.1) is 12.5 Å². The van der Waals surface area contributed by atoms with Crippen molar-refractivity contribution in [1.82, 2.24) is 10.6 Å². The molecular formula is C22H26N4O6. The molecule has 0 aliphatic carbocycles. The first-order chi connectivity index (χ1) is 15.2. The van der Waals surface area contributed by atoms with Crippen molar-refractivity contribution in [2.45, 2.75) is 37.4 Å². The smallest absolute Gasteiger partial charge is 0.326 e. The van der Waals surface area contributed by atoms with Gasteiger partial charge in [0.25, 0.3) is 0 Å². The molecule has 170 valence electrons. The number of carboxylic acid groups (broad SMARTS) is 1. The molecule has 8 N–H and O–H groups in total. The van der Waals surface area contributed by atoms with Gasteiger partial charge in [-0.1, -0.05) is 42.5 Å². The fourth-order valence-corrected chi connectivity index (χ4v) is 2.99. The molecule has 0 aromatic heterocycles. The first-order valence-corrected chi connectivity index (χ1v) is 9.85. The molecule has 10 heteroatoms. The summed E-state index contributed by atoms with van der Waals surface area (Å²) < 4.78 is 0. The number of rotatable bonds is 11. The van der Waals surface area contributed by atoms with Gasteiger partial charge in [0, 0.05) is 12.8 Å². The average molecular weight is 442 g/mol. The van der Waals surface area contributed by atoms with Gasteiger partial charge in [-0.3, -0.25) is 14.4 Å². The highest BCUT2D eigenvalue weighted by Gasteiger charge is 2.28. The lowest BCUT2D eigenvalue weighted by Crippen LogP contribution is -2.56. The number of amides is 3. The molecule has 0 fully saturated rings. The van der Waals surface area contributed by atoms with Crippen LogP contribution in [0.5, 0.6) is 5.75 Å². The minimum absolute atomic E-state index is 0.0302. The zero-order valence-electron chi connectivity index (χ0n) is 17.2. The molecule has 0 heterocycles. The summed E-state index contributed by atoms with van der Waals surface area (Å²) in [6.45, 7) is 0. The van der Waals surface area contributed by atoms with Gasteiger partial charge in [0.1, 0.15) is 17.8 Å². The Morgan fingerprint density at radius 3 is 1.91 bits per heavy atom. The first kappa shape index (κ1) is 24.4. The molecule has 0 saturated heterocycles. The SMILES string of the molecule is NC(=O)CC(N)C(=O)NC(Cc1ccccc1)C(=O)NC(Cc1ccc(O)cc1)C(=O)O. The number of carboxylic acids is 1. The number of primary amides is 1. The van der Waals surface area contributed by atoms with Gasteiger partial charge in [-0.2, -0.15) is 0 Å². The van der Waals surface area contributed by atoms with Crippen molar-refractivity contribution < 1.29 is 29.4 Å². The molecule has 32 heavy (non-hydrogen) atoms. The van der Waals surface area contributed by atoms with Gasteiger partial charge in [0.15, 0.2) is 0 Å². The molecule has 10 nitrogen and oxygen atoms in total. The summed E-state index contributed by atoms with van der Waals surface area (Å²) >= 11 is 0. The van der Waals surface area contributed by atoms with Gasteiger partial charge < -0.3 is 32.3 Å². The number of hydrogen-bond acceptors (Lipinski definition) is 6. The summed E-state index contributed by atoms with van der Waals surface area (Å²) in [6, 6.07) is 11.1. The van der Waals surface area contributed by atoms with E-state index in [1.807, 2.05) is 0 Å². The largest absolute Gasteiger partial charge is 0.508 e. The van der Waals surface area contributed by atoms with Crippen molar-refractivity contribution in [3.05, 3.63) is 65.7 Å². The highest BCUT2D eigenvalue weighted by Crippen LogP contribution is 2.12. The predicted octanol–water partition coefficient (Wildman–Crippen LogP) is -0.566. The van der Waals surface area contributed by atoms with Crippen molar-refractivity contribution in [1.29, 1.82) is 0 Å². The maximum atomic E-state index is 12.9. The van der Waals surface area contributed by atoms with Crippen molar-refractivity contribution in [2.24, 2.45) is 11.5 Å². The van der Waals surface area contributed by atoms with Crippen LogP contribution in [0.3, 0.4) is 0 Å². The van der Waals surface area contributed by atoms with E-state index >= 15 is 0 Å². The molecule has 0 radical (unpaired) electrons. The zero-order chi connectivity index (χ0) is 23.7. The van der Waals surface area contributed by atoms with Crippen LogP contribution in [-0.2, 0) is 32.0 Å². The molecule has 0 spiro atoms. The number of phenolic OH excluding ortho intramolecular Hbond substituents is 1. The Balaban J connectivity index is 2.16. The van der Waals surface area contributed by atoms with Crippen LogP contribution in [0.25, 0.3) is 0 Å². The minimum atomic E-state index is -1.28. The molecule has 3 unspecified atom stereocenters. The fraction of sp³-hybridized carbons (Fsp3) is 0.273. The molecule has 2 rings (SSSR count). The summed E-state index contributed by atoms with van der Waals surface area (Å²) in [6.07, 6.45) is -0.355. The van der Waals surface area contributed by atoms with E-state index in [1.165, 1.54) is 12.1 Å². The maximum Gasteiger partial charge on any atom is 0.326 e. The molecule has 3 atom stereocenters. The lowest BCUT2D eigenvalue weighted by Gasteiger charge is -2.23. The summed E-state index contributed by atoms with van der Waals surface area (Å²) in [7, 11) is 0. The highest BCUT2D eigenvalue weighted by atomic mass is 16.4. The number of aromatic hydroxyl groups is 1. The normalized spacial score (nSPS) is 13.4. The lowest BCUT2D eigenvalue weighted by atomic mass is 10.0. The number of phenols is 1. The topological polar surface area (TPSA) is 185 Å². The number of carbonyl (C=O) groups is 4. The molecule has 3 amide bonds. The molecule has 0 bridgehead atoms. The second-order valence-electron chi connectivity index (χ2n) is 7.30. The quantitative estimate of drug-likeness (QED) is 0.269. The number of aliphatic carboxylic acids is 1. The first-order valence-electron chi connectivity index (χ1n) is 9.85. The molecular weight excluding hydrogens is 416 g/mol. The van der Waals surface area contributed by atoms with Gasteiger partial charge in [0.2, 0.25) is 17.7 Å². The second kappa shape index (κ2) is 11.5. The molecule has 0 aliphatic rings. The summed E-state index contributed by atoms with van der Waals surface area (Å²) in [5.41, 5.74) is 12.0. The van der Waals surface area contributed by atoms with Crippen molar-refractivity contribution >= 4 is 23.7 Å². The van der Waals surface area contributed by atoms with Gasteiger partial charge in [-0.15, -0.1) is 0 Å². The Labute approximate surface area is 184 Å². The van der Waals surface area contributed by atoms with E-state index in [0.717, 1.165) is 5.56 Å². The highest BCUT2D eigenvalue weighted by molar-refractivity contribution is 5.93. The zero-order valence-corrected chi connectivity index (χ0v) is 17.2.